The van der Waals surface area contributed by atoms with E-state index in [4.69, 9.17) is 0 Å². The summed E-state index contributed by atoms with van der Waals surface area (Å²) >= 11 is 0. The Bertz CT molecular complexity index is 882. The molecule has 1 aliphatic heterocycles. The lowest BCUT2D eigenvalue weighted by molar-refractivity contribution is -0.126. The Kier molecular flexibility index (Phi) is 5.47. The minimum absolute atomic E-state index is 0.104. The van der Waals surface area contributed by atoms with Crippen LogP contribution in [0.3, 0.4) is 0 Å². The molecule has 1 heterocycles. The zero-order chi connectivity index (χ0) is 20.4. The molecule has 0 aromatic heterocycles. The molecule has 3 amide bonds. The van der Waals surface area contributed by atoms with Gasteiger partial charge in [-0.05, 0) is 49.3 Å². The lowest BCUT2D eigenvalue weighted by Gasteiger charge is -2.31. The number of amides is 3. The van der Waals surface area contributed by atoms with Gasteiger partial charge in [0.15, 0.2) is 0 Å². The van der Waals surface area contributed by atoms with E-state index >= 15 is 0 Å². The molecule has 0 radical (unpaired) electrons. The van der Waals surface area contributed by atoms with Crippen molar-refractivity contribution in [3.05, 3.63) is 71.3 Å². The van der Waals surface area contributed by atoms with Crippen molar-refractivity contribution in [3.8, 4) is 0 Å². The molecule has 0 bridgehead atoms. The number of hydrogen-bond donors (Lipinski definition) is 1. The molecule has 2 aromatic carbocycles. The van der Waals surface area contributed by atoms with Crippen LogP contribution in [0.1, 0.15) is 58.9 Å². The number of rotatable bonds is 5. The number of carbonyl (C=O) groups is 3. The molecule has 1 aliphatic carbocycles. The molecular weight excluding hydrogens is 364 g/mol. The second-order valence-electron chi connectivity index (χ2n) is 8.20. The highest BCUT2D eigenvalue weighted by Gasteiger charge is 2.43. The Morgan fingerprint density at radius 2 is 1.48 bits per heavy atom. The van der Waals surface area contributed by atoms with Crippen molar-refractivity contribution in [2.75, 3.05) is 0 Å². The summed E-state index contributed by atoms with van der Waals surface area (Å²) in [4.78, 5) is 40.4. The average Bonchev–Trinajstić information content (AvgIpc) is 2.99. The molecule has 1 saturated carbocycles. The molecule has 150 valence electrons. The smallest absolute Gasteiger partial charge is 0.262 e. The first-order valence-corrected chi connectivity index (χ1v) is 10.4. The van der Waals surface area contributed by atoms with Crippen LogP contribution in [-0.4, -0.2) is 34.7 Å². The maximum atomic E-state index is 13.3. The fourth-order valence-electron chi connectivity index (χ4n) is 4.33. The van der Waals surface area contributed by atoms with Crippen LogP contribution < -0.4 is 5.32 Å². The van der Waals surface area contributed by atoms with Gasteiger partial charge in [-0.25, -0.2) is 0 Å². The fourth-order valence-corrected chi connectivity index (χ4v) is 4.33. The molecule has 0 saturated heterocycles. The maximum absolute atomic E-state index is 13.3. The molecule has 0 unspecified atom stereocenters. The molecular formula is C24H26N2O3. The summed E-state index contributed by atoms with van der Waals surface area (Å²) < 4.78 is 0. The second-order valence-corrected chi connectivity index (χ2v) is 8.20. The maximum Gasteiger partial charge on any atom is 0.262 e. The van der Waals surface area contributed by atoms with Crippen molar-refractivity contribution >= 4 is 17.7 Å². The number of nitrogens with one attached hydrogen (secondary N) is 1. The Balaban J connectivity index is 1.60. The Hall–Kier alpha value is -2.95. The zero-order valence-electron chi connectivity index (χ0n) is 16.6. The Morgan fingerprint density at radius 1 is 0.931 bits per heavy atom. The first-order valence-electron chi connectivity index (χ1n) is 10.4. The Labute approximate surface area is 171 Å². The molecule has 4 rings (SSSR count). The van der Waals surface area contributed by atoms with E-state index in [1.165, 1.54) is 0 Å². The van der Waals surface area contributed by atoms with Crippen LogP contribution in [0.4, 0.5) is 0 Å². The number of hydrogen-bond acceptors (Lipinski definition) is 3. The quantitative estimate of drug-likeness (QED) is 0.794. The van der Waals surface area contributed by atoms with Crippen molar-refractivity contribution in [1.29, 1.82) is 0 Å². The van der Waals surface area contributed by atoms with Gasteiger partial charge in [0.1, 0.15) is 6.04 Å². The first-order chi connectivity index (χ1) is 14.0. The summed E-state index contributed by atoms with van der Waals surface area (Å²) in [5.41, 5.74) is 1.66. The molecule has 1 fully saturated rings. The van der Waals surface area contributed by atoms with Crippen molar-refractivity contribution in [1.82, 2.24) is 10.2 Å². The van der Waals surface area contributed by atoms with E-state index in [9.17, 15) is 14.4 Å². The minimum Gasteiger partial charge on any atom is -0.352 e. The summed E-state index contributed by atoms with van der Waals surface area (Å²) in [6, 6.07) is 15.6. The number of fused-ring (bicyclic) bond motifs is 1. The zero-order valence-corrected chi connectivity index (χ0v) is 16.6. The van der Waals surface area contributed by atoms with Crippen molar-refractivity contribution < 1.29 is 14.4 Å². The molecule has 0 spiro atoms. The van der Waals surface area contributed by atoms with E-state index < -0.39 is 6.04 Å². The van der Waals surface area contributed by atoms with Crippen LogP contribution in [0.5, 0.6) is 0 Å². The van der Waals surface area contributed by atoms with Gasteiger partial charge in [-0.2, -0.15) is 0 Å². The topological polar surface area (TPSA) is 66.5 Å². The third-order valence-electron chi connectivity index (χ3n) is 6.07. The van der Waals surface area contributed by atoms with Gasteiger partial charge in [0.25, 0.3) is 11.8 Å². The normalized spacial score (nSPS) is 22.3. The van der Waals surface area contributed by atoms with Crippen LogP contribution in [-0.2, 0) is 11.2 Å². The fraction of sp³-hybridized carbons (Fsp3) is 0.375. The number of carbonyl (C=O) groups excluding carboxylic acids is 3. The van der Waals surface area contributed by atoms with Gasteiger partial charge < -0.3 is 5.32 Å². The van der Waals surface area contributed by atoms with Crippen molar-refractivity contribution in [3.63, 3.8) is 0 Å². The van der Waals surface area contributed by atoms with Crippen LogP contribution in [0.2, 0.25) is 0 Å². The number of benzene rings is 2. The van der Waals surface area contributed by atoms with Gasteiger partial charge >= 0.3 is 0 Å². The lowest BCUT2D eigenvalue weighted by atomic mass is 9.87. The summed E-state index contributed by atoms with van der Waals surface area (Å²) in [6.07, 6.45) is 4.35. The van der Waals surface area contributed by atoms with E-state index in [0.717, 1.165) is 36.1 Å². The van der Waals surface area contributed by atoms with Crippen LogP contribution in [0.25, 0.3) is 0 Å². The van der Waals surface area contributed by atoms with E-state index in [0.29, 0.717) is 23.5 Å². The molecule has 2 aromatic rings. The largest absolute Gasteiger partial charge is 0.352 e. The SMILES string of the molecule is CC1CCC(NC(=O)[C@@H](Cc2ccccc2)N2C(=O)c3ccccc3C2=O)CC1. The van der Waals surface area contributed by atoms with E-state index in [2.05, 4.69) is 12.2 Å². The van der Waals surface area contributed by atoms with Gasteiger partial charge in [-0.3, -0.25) is 19.3 Å². The summed E-state index contributed by atoms with van der Waals surface area (Å²) in [6.45, 7) is 2.23. The molecule has 5 nitrogen and oxygen atoms in total. The van der Waals surface area contributed by atoms with E-state index in [1.54, 1.807) is 24.3 Å². The average molecular weight is 390 g/mol. The van der Waals surface area contributed by atoms with Gasteiger partial charge in [-0.1, -0.05) is 49.4 Å². The first kappa shape index (κ1) is 19.4. The van der Waals surface area contributed by atoms with Crippen LogP contribution in [0, 0.1) is 5.92 Å². The molecule has 5 heteroatoms. The minimum atomic E-state index is -0.857. The molecule has 2 aliphatic rings. The summed E-state index contributed by atoms with van der Waals surface area (Å²) in [5, 5.41) is 3.12. The third kappa shape index (κ3) is 3.95. The van der Waals surface area contributed by atoms with Gasteiger partial charge in [-0.15, -0.1) is 0 Å². The van der Waals surface area contributed by atoms with Crippen LogP contribution in [0.15, 0.2) is 54.6 Å². The lowest BCUT2D eigenvalue weighted by Crippen LogP contribution is -2.53. The second kappa shape index (κ2) is 8.19. The highest BCUT2D eigenvalue weighted by atomic mass is 16.2. The van der Waals surface area contributed by atoms with E-state index in [1.807, 2.05) is 30.3 Å². The van der Waals surface area contributed by atoms with Gasteiger partial charge in [0, 0.05) is 12.5 Å². The molecule has 1 N–H and O–H groups in total. The van der Waals surface area contributed by atoms with Crippen molar-refractivity contribution in [2.45, 2.75) is 51.1 Å². The van der Waals surface area contributed by atoms with E-state index in [-0.39, 0.29) is 23.8 Å². The summed E-state index contributed by atoms with van der Waals surface area (Å²) in [5.74, 6) is -0.347. The predicted octanol–water partition coefficient (Wildman–Crippen LogP) is 3.59. The van der Waals surface area contributed by atoms with Gasteiger partial charge in [0.05, 0.1) is 11.1 Å². The molecule has 29 heavy (non-hydrogen) atoms. The number of imide groups is 1. The van der Waals surface area contributed by atoms with Crippen molar-refractivity contribution in [2.24, 2.45) is 5.92 Å². The van der Waals surface area contributed by atoms with Gasteiger partial charge in [0.2, 0.25) is 5.91 Å². The molecule has 1 atom stereocenters. The summed E-state index contributed by atoms with van der Waals surface area (Å²) in [7, 11) is 0. The monoisotopic (exact) mass is 390 g/mol. The highest BCUT2D eigenvalue weighted by molar-refractivity contribution is 6.22. The predicted molar refractivity (Wildman–Crippen MR) is 110 cm³/mol. The third-order valence-corrected chi connectivity index (χ3v) is 6.07. The van der Waals surface area contributed by atoms with Crippen LogP contribution >= 0.6 is 0 Å². The highest BCUT2D eigenvalue weighted by Crippen LogP contribution is 2.27. The Morgan fingerprint density at radius 3 is 2.07 bits per heavy atom. The standard InChI is InChI=1S/C24H26N2O3/c1-16-11-13-18(14-12-16)25-22(27)21(15-17-7-3-2-4-8-17)26-23(28)19-9-5-6-10-20(19)24(26)29/h2-10,16,18,21H,11-15H2,1H3,(H,25,27)/t16?,18?,21-/m1/s1. The number of nitrogens with zero attached hydrogens (tertiary/aromatic N) is 1.